The smallest absolute Gasteiger partial charge is 0.232 e. The van der Waals surface area contributed by atoms with Crippen LogP contribution in [0.4, 0.5) is 11.4 Å². The highest BCUT2D eigenvalue weighted by Crippen LogP contribution is 2.35. The van der Waals surface area contributed by atoms with E-state index in [0.717, 1.165) is 35.7 Å². The van der Waals surface area contributed by atoms with Crippen molar-refractivity contribution in [2.75, 3.05) is 22.4 Å². The molecular weight excluding hydrogens is 432 g/mol. The van der Waals surface area contributed by atoms with Crippen molar-refractivity contribution in [3.8, 4) is 0 Å². The fourth-order valence-electron chi connectivity index (χ4n) is 4.18. The van der Waals surface area contributed by atoms with Gasteiger partial charge in [0.15, 0.2) is 0 Å². The Hall–Kier alpha value is -2.57. The van der Waals surface area contributed by atoms with Crippen molar-refractivity contribution in [3.05, 3.63) is 70.2 Å². The summed E-state index contributed by atoms with van der Waals surface area (Å²) < 4.78 is 25.9. The van der Waals surface area contributed by atoms with E-state index in [1.807, 2.05) is 25.1 Å². The molecule has 0 saturated heterocycles. The second-order valence-corrected chi connectivity index (χ2v) is 10.3. The molecule has 0 spiro atoms. The topological polar surface area (TPSA) is 66.5 Å². The lowest BCUT2D eigenvalue weighted by molar-refractivity contribution is -0.116. The number of nitrogens with zero attached hydrogens (tertiary/aromatic N) is 1. The Morgan fingerprint density at radius 3 is 2.55 bits per heavy atom. The van der Waals surface area contributed by atoms with Gasteiger partial charge in [0.05, 0.1) is 11.9 Å². The molecule has 0 saturated carbocycles. The van der Waals surface area contributed by atoms with Crippen LogP contribution < -0.4 is 9.62 Å². The quantitative estimate of drug-likeness (QED) is 0.538. The number of hydrogen-bond acceptors (Lipinski definition) is 3. The van der Waals surface area contributed by atoms with Gasteiger partial charge in [0, 0.05) is 29.1 Å². The zero-order valence-electron chi connectivity index (χ0n) is 17.6. The molecular formula is C24H25ClN2O3S. The fraction of sp³-hybridized carbons (Fsp3) is 0.292. The normalized spacial score (nSPS) is 12.9. The van der Waals surface area contributed by atoms with Gasteiger partial charge in [-0.3, -0.25) is 9.10 Å². The minimum atomic E-state index is -3.49. The number of aryl methyl sites for hydroxylation is 3. The van der Waals surface area contributed by atoms with Gasteiger partial charge in [0.25, 0.3) is 0 Å². The Balaban J connectivity index is 1.44. The van der Waals surface area contributed by atoms with E-state index in [1.165, 1.54) is 20.8 Å². The zero-order valence-corrected chi connectivity index (χ0v) is 19.2. The maximum Gasteiger partial charge on any atom is 0.232 e. The Labute approximate surface area is 188 Å². The van der Waals surface area contributed by atoms with Crippen LogP contribution >= 0.6 is 11.6 Å². The lowest BCUT2D eigenvalue weighted by Gasteiger charge is -2.23. The first kappa shape index (κ1) is 21.7. The summed E-state index contributed by atoms with van der Waals surface area (Å²) in [7, 11) is -3.49. The molecule has 0 fully saturated rings. The van der Waals surface area contributed by atoms with E-state index in [0.29, 0.717) is 17.1 Å². The van der Waals surface area contributed by atoms with Crippen LogP contribution in [0.5, 0.6) is 0 Å². The molecule has 0 bridgehead atoms. The molecule has 3 aromatic carbocycles. The van der Waals surface area contributed by atoms with Crippen LogP contribution in [-0.4, -0.2) is 27.1 Å². The molecule has 7 heteroatoms. The molecule has 5 nitrogen and oxygen atoms in total. The molecule has 1 aliphatic rings. The van der Waals surface area contributed by atoms with Crippen molar-refractivity contribution in [2.24, 2.45) is 0 Å². The predicted octanol–water partition coefficient (Wildman–Crippen LogP) is 5.09. The number of nitrogens with one attached hydrogen (secondary N) is 1. The van der Waals surface area contributed by atoms with Crippen LogP contribution in [0.3, 0.4) is 0 Å². The maximum absolute atomic E-state index is 12.6. The van der Waals surface area contributed by atoms with Crippen molar-refractivity contribution in [1.82, 2.24) is 0 Å². The third-order valence-corrected chi connectivity index (χ3v) is 7.36. The number of rotatable bonds is 7. The predicted molar refractivity (Wildman–Crippen MR) is 128 cm³/mol. The van der Waals surface area contributed by atoms with E-state index in [2.05, 4.69) is 17.4 Å². The first-order chi connectivity index (χ1) is 14.7. The second kappa shape index (κ2) is 8.52. The van der Waals surface area contributed by atoms with Crippen LogP contribution in [-0.2, 0) is 27.7 Å². The Morgan fingerprint density at radius 1 is 1.10 bits per heavy atom. The third-order valence-electron chi connectivity index (χ3n) is 5.76. The van der Waals surface area contributed by atoms with Gasteiger partial charge < -0.3 is 5.32 Å². The Kier molecular flexibility index (Phi) is 5.95. The minimum Gasteiger partial charge on any atom is -0.326 e. The number of carbonyl (C=O) groups is 1. The number of benzene rings is 3. The van der Waals surface area contributed by atoms with Crippen LogP contribution in [0.25, 0.3) is 10.8 Å². The van der Waals surface area contributed by atoms with E-state index in [4.69, 9.17) is 11.6 Å². The highest BCUT2D eigenvalue weighted by Gasteiger charge is 2.19. The van der Waals surface area contributed by atoms with Crippen LogP contribution in [0, 0.1) is 6.92 Å². The van der Waals surface area contributed by atoms with Crippen LogP contribution in [0.15, 0.2) is 48.5 Å². The molecule has 0 radical (unpaired) electrons. The summed E-state index contributed by atoms with van der Waals surface area (Å²) >= 11 is 6.17. The molecule has 162 valence electrons. The average molecular weight is 457 g/mol. The summed E-state index contributed by atoms with van der Waals surface area (Å²) in [4.78, 5) is 12.6. The lowest BCUT2D eigenvalue weighted by Crippen LogP contribution is -2.31. The van der Waals surface area contributed by atoms with Gasteiger partial charge in [-0.2, -0.15) is 0 Å². The molecule has 0 heterocycles. The van der Waals surface area contributed by atoms with Gasteiger partial charge in [-0.05, 0) is 66.5 Å². The van der Waals surface area contributed by atoms with Crippen molar-refractivity contribution in [3.63, 3.8) is 0 Å². The highest BCUT2D eigenvalue weighted by molar-refractivity contribution is 7.92. The summed E-state index contributed by atoms with van der Waals surface area (Å²) in [6.45, 7) is 2.07. The monoisotopic (exact) mass is 456 g/mol. The second-order valence-electron chi connectivity index (χ2n) is 8.03. The van der Waals surface area contributed by atoms with E-state index in [9.17, 15) is 13.2 Å². The number of hydrogen-bond donors (Lipinski definition) is 1. The van der Waals surface area contributed by atoms with Crippen molar-refractivity contribution >= 4 is 49.7 Å². The van der Waals surface area contributed by atoms with Gasteiger partial charge in [-0.15, -0.1) is 0 Å². The molecule has 3 aromatic rings. The van der Waals surface area contributed by atoms with Crippen molar-refractivity contribution < 1.29 is 13.2 Å². The average Bonchev–Trinajstić information content (AvgIpc) is 3.13. The summed E-state index contributed by atoms with van der Waals surface area (Å²) in [6, 6.07) is 15.4. The lowest BCUT2D eigenvalue weighted by atomic mass is 10.0. The number of sulfonamides is 1. The van der Waals surface area contributed by atoms with Crippen molar-refractivity contribution in [2.45, 2.75) is 32.6 Å². The highest BCUT2D eigenvalue weighted by atomic mass is 35.5. The van der Waals surface area contributed by atoms with Gasteiger partial charge in [-0.25, -0.2) is 8.42 Å². The molecule has 0 aromatic heterocycles. The number of anilines is 2. The zero-order chi connectivity index (χ0) is 22.2. The summed E-state index contributed by atoms with van der Waals surface area (Å²) in [5.74, 6) is -0.130. The van der Waals surface area contributed by atoms with E-state index >= 15 is 0 Å². The fourth-order valence-corrected chi connectivity index (χ4v) is 5.31. The van der Waals surface area contributed by atoms with Gasteiger partial charge in [-0.1, -0.05) is 41.9 Å². The number of halogens is 1. The minimum absolute atomic E-state index is 0.130. The van der Waals surface area contributed by atoms with Gasteiger partial charge >= 0.3 is 0 Å². The molecule has 1 amide bonds. The summed E-state index contributed by atoms with van der Waals surface area (Å²) in [6.07, 6.45) is 3.84. The molecule has 31 heavy (non-hydrogen) atoms. The third kappa shape index (κ3) is 4.55. The summed E-state index contributed by atoms with van der Waals surface area (Å²) in [5, 5.41) is 5.83. The first-order valence-electron chi connectivity index (χ1n) is 10.3. The van der Waals surface area contributed by atoms with Crippen LogP contribution in [0.1, 0.15) is 29.5 Å². The Morgan fingerprint density at radius 2 is 1.84 bits per heavy atom. The van der Waals surface area contributed by atoms with Crippen LogP contribution in [0.2, 0.25) is 5.02 Å². The maximum atomic E-state index is 12.6. The molecule has 1 N–H and O–H groups in total. The molecule has 4 rings (SSSR count). The number of amides is 1. The number of carbonyl (C=O) groups excluding carboxylic acids is 1. The Bertz CT molecular complexity index is 1260. The summed E-state index contributed by atoms with van der Waals surface area (Å²) in [5.41, 5.74) is 4.83. The molecule has 0 unspecified atom stereocenters. The van der Waals surface area contributed by atoms with E-state index in [-0.39, 0.29) is 18.9 Å². The molecule has 1 aliphatic carbocycles. The van der Waals surface area contributed by atoms with Gasteiger partial charge in [0.2, 0.25) is 15.9 Å². The van der Waals surface area contributed by atoms with E-state index in [1.54, 1.807) is 18.2 Å². The molecule has 0 aliphatic heterocycles. The standard InChI is InChI=1S/C24H25ClN2O3S/c1-16-8-12-19(15-21(16)25)27(31(2,29)30)14-4-7-23(28)26-22-13-11-18-10-9-17-5-3-6-20(22)24(17)18/h3,5-6,8,11-13,15H,4,7,9-10,14H2,1-2H3,(H,26,28). The molecule has 0 atom stereocenters. The van der Waals surface area contributed by atoms with Crippen molar-refractivity contribution in [1.29, 1.82) is 0 Å². The SMILES string of the molecule is Cc1ccc(N(CCCC(=O)Nc2ccc3c4c(cccc24)CC3)S(C)(=O)=O)cc1Cl. The van der Waals surface area contributed by atoms with E-state index < -0.39 is 10.0 Å². The van der Waals surface area contributed by atoms with Gasteiger partial charge in [0.1, 0.15) is 0 Å². The first-order valence-corrected chi connectivity index (χ1v) is 12.5. The largest absolute Gasteiger partial charge is 0.326 e.